The number of fused-ring (bicyclic) bond motifs is 5. The number of esters is 1. The van der Waals surface area contributed by atoms with E-state index in [0.717, 1.165) is 16.0 Å². The fourth-order valence-corrected chi connectivity index (χ4v) is 6.21. The Hall–Kier alpha value is -4.92. The standard InChI is InChI=1S/C31H26N2O7/c1-38-22-13-12-18(16-23(22)39-2)28(34)27-25-24(26-19-9-5-4-8-17(19)14-15-32(26)27)29(35)33(30(25)36)21-11-7-6-10-20(21)31(37)40-3/h4-16,24-27H,1-3H3/t24-,25+,26?,27-/m0/s1. The number of imide groups is 1. The van der Waals surface area contributed by atoms with Gasteiger partial charge < -0.3 is 19.1 Å². The molecule has 2 amide bonds. The average molecular weight is 539 g/mol. The zero-order chi connectivity index (χ0) is 28.1. The maximum atomic E-state index is 14.2. The van der Waals surface area contributed by atoms with Gasteiger partial charge in [0.2, 0.25) is 11.8 Å². The highest BCUT2D eigenvalue weighted by atomic mass is 16.5. The molecular weight excluding hydrogens is 512 g/mol. The lowest BCUT2D eigenvalue weighted by atomic mass is 9.83. The second-order valence-corrected chi connectivity index (χ2v) is 9.79. The predicted molar refractivity (Wildman–Crippen MR) is 145 cm³/mol. The smallest absolute Gasteiger partial charge is 0.339 e. The Kier molecular flexibility index (Phi) is 6.14. The summed E-state index contributed by atoms with van der Waals surface area (Å²) >= 11 is 0. The molecule has 0 N–H and O–H groups in total. The lowest BCUT2D eigenvalue weighted by Gasteiger charge is -2.35. The molecule has 0 aromatic heterocycles. The van der Waals surface area contributed by atoms with Crippen molar-refractivity contribution < 1.29 is 33.4 Å². The van der Waals surface area contributed by atoms with E-state index in [2.05, 4.69) is 0 Å². The molecule has 9 heteroatoms. The third kappa shape index (κ3) is 3.61. The van der Waals surface area contributed by atoms with E-state index in [9.17, 15) is 19.2 Å². The van der Waals surface area contributed by atoms with Crippen molar-refractivity contribution in [3.8, 4) is 11.5 Å². The summed E-state index contributed by atoms with van der Waals surface area (Å²) in [4.78, 5) is 58.0. The fraction of sp³-hybridized carbons (Fsp3) is 0.226. The van der Waals surface area contributed by atoms with Gasteiger partial charge in [-0.1, -0.05) is 36.4 Å². The zero-order valence-electron chi connectivity index (χ0n) is 22.1. The van der Waals surface area contributed by atoms with Gasteiger partial charge in [-0.05, 0) is 47.5 Å². The van der Waals surface area contributed by atoms with Crippen LogP contribution in [0.5, 0.6) is 11.5 Å². The van der Waals surface area contributed by atoms with Gasteiger partial charge in [-0.3, -0.25) is 14.4 Å². The lowest BCUT2D eigenvalue weighted by molar-refractivity contribution is -0.123. The van der Waals surface area contributed by atoms with Crippen LogP contribution < -0.4 is 14.4 Å². The number of ketones is 1. The minimum absolute atomic E-state index is 0.0928. The summed E-state index contributed by atoms with van der Waals surface area (Å²) in [5.41, 5.74) is 2.32. The highest BCUT2D eigenvalue weighted by Crippen LogP contribution is 2.54. The predicted octanol–water partition coefficient (Wildman–Crippen LogP) is 3.89. The minimum Gasteiger partial charge on any atom is -0.493 e. The number of nitrogens with zero attached hydrogens (tertiary/aromatic N) is 2. The number of para-hydroxylation sites is 1. The summed E-state index contributed by atoms with van der Waals surface area (Å²) in [5.74, 6) is -2.99. The molecule has 3 aromatic carbocycles. The van der Waals surface area contributed by atoms with E-state index in [1.807, 2.05) is 35.2 Å². The third-order valence-corrected chi connectivity index (χ3v) is 7.95. The number of carbonyl (C=O) groups is 4. The number of anilines is 1. The topological polar surface area (TPSA) is 102 Å². The Morgan fingerprint density at radius 3 is 2.25 bits per heavy atom. The fourth-order valence-electron chi connectivity index (χ4n) is 6.21. The molecule has 9 nitrogen and oxygen atoms in total. The van der Waals surface area contributed by atoms with Crippen LogP contribution in [0.3, 0.4) is 0 Å². The molecule has 4 atom stereocenters. The van der Waals surface area contributed by atoms with Gasteiger partial charge >= 0.3 is 5.97 Å². The summed E-state index contributed by atoms with van der Waals surface area (Å²) < 4.78 is 15.6. The van der Waals surface area contributed by atoms with Crippen molar-refractivity contribution in [2.24, 2.45) is 11.8 Å². The van der Waals surface area contributed by atoms with Crippen LogP contribution in [-0.2, 0) is 14.3 Å². The lowest BCUT2D eigenvalue weighted by Crippen LogP contribution is -2.44. The quantitative estimate of drug-likeness (QED) is 0.265. The molecule has 6 rings (SSSR count). The molecule has 40 heavy (non-hydrogen) atoms. The number of hydrogen-bond acceptors (Lipinski definition) is 8. The Morgan fingerprint density at radius 1 is 0.800 bits per heavy atom. The molecule has 3 aliphatic rings. The number of methoxy groups -OCH3 is 3. The Bertz CT molecular complexity index is 1600. The molecule has 1 unspecified atom stereocenters. The van der Waals surface area contributed by atoms with Crippen LogP contribution in [0.25, 0.3) is 6.08 Å². The molecule has 3 aromatic rings. The Labute approximate surface area is 230 Å². The number of ether oxygens (including phenoxy) is 3. The Balaban J connectivity index is 1.50. The molecule has 2 saturated heterocycles. The Morgan fingerprint density at radius 2 is 1.50 bits per heavy atom. The monoisotopic (exact) mass is 538 g/mol. The van der Waals surface area contributed by atoms with Crippen molar-refractivity contribution in [2.45, 2.75) is 12.1 Å². The summed E-state index contributed by atoms with van der Waals surface area (Å²) in [5, 5.41) is 0. The molecule has 0 saturated carbocycles. The third-order valence-electron chi connectivity index (χ3n) is 7.95. The van der Waals surface area contributed by atoms with E-state index < -0.39 is 41.7 Å². The first-order valence-corrected chi connectivity index (χ1v) is 12.8. The van der Waals surface area contributed by atoms with Gasteiger partial charge in [0.15, 0.2) is 17.3 Å². The summed E-state index contributed by atoms with van der Waals surface area (Å²) in [6.45, 7) is 0. The maximum absolute atomic E-state index is 14.2. The molecule has 0 spiro atoms. The van der Waals surface area contributed by atoms with Gasteiger partial charge in [-0.15, -0.1) is 0 Å². The van der Waals surface area contributed by atoms with Crippen molar-refractivity contribution in [1.29, 1.82) is 0 Å². The van der Waals surface area contributed by atoms with Crippen molar-refractivity contribution in [1.82, 2.24) is 4.90 Å². The highest BCUT2D eigenvalue weighted by Gasteiger charge is 2.64. The first-order chi connectivity index (χ1) is 19.4. The van der Waals surface area contributed by atoms with E-state index in [4.69, 9.17) is 14.2 Å². The van der Waals surface area contributed by atoms with E-state index in [-0.39, 0.29) is 17.0 Å². The van der Waals surface area contributed by atoms with Gasteiger partial charge in [-0.25, -0.2) is 9.69 Å². The second kappa shape index (κ2) is 9.68. The first kappa shape index (κ1) is 25.4. The molecular formula is C31H26N2O7. The van der Waals surface area contributed by atoms with Crippen LogP contribution in [0, 0.1) is 11.8 Å². The van der Waals surface area contributed by atoms with E-state index in [1.165, 1.54) is 27.4 Å². The number of carbonyl (C=O) groups excluding carboxylic acids is 4. The molecule has 3 aliphatic heterocycles. The zero-order valence-corrected chi connectivity index (χ0v) is 22.1. The van der Waals surface area contributed by atoms with Crippen molar-refractivity contribution in [2.75, 3.05) is 26.2 Å². The first-order valence-electron chi connectivity index (χ1n) is 12.8. The molecule has 2 fully saturated rings. The van der Waals surface area contributed by atoms with E-state index in [1.54, 1.807) is 42.6 Å². The van der Waals surface area contributed by atoms with Gasteiger partial charge in [0.1, 0.15) is 6.04 Å². The minimum atomic E-state index is -0.986. The molecule has 0 aliphatic carbocycles. The highest BCUT2D eigenvalue weighted by molar-refractivity contribution is 6.26. The van der Waals surface area contributed by atoms with Crippen molar-refractivity contribution in [3.63, 3.8) is 0 Å². The number of hydrogen-bond donors (Lipinski definition) is 0. The van der Waals surface area contributed by atoms with Crippen LogP contribution >= 0.6 is 0 Å². The van der Waals surface area contributed by atoms with Crippen LogP contribution in [0.2, 0.25) is 0 Å². The molecule has 202 valence electrons. The maximum Gasteiger partial charge on any atom is 0.339 e. The number of rotatable bonds is 6. The number of Topliss-reactive ketones (excluding diaryl/α,β-unsaturated/α-hetero) is 1. The number of amides is 2. The molecule has 0 bridgehead atoms. The summed E-state index contributed by atoms with van der Waals surface area (Å²) in [7, 11) is 4.22. The van der Waals surface area contributed by atoms with E-state index >= 15 is 0 Å². The SMILES string of the molecule is COC(=O)c1ccccc1N1C(=O)[C@@H]2[C@H](C1=O)C1c3ccccc3C=CN1[C@@H]2C(=O)c1ccc(OC)c(OC)c1. The average Bonchev–Trinajstić information content (AvgIpc) is 3.47. The van der Waals surface area contributed by atoms with Crippen LogP contribution in [-0.4, -0.2) is 55.8 Å². The van der Waals surface area contributed by atoms with Crippen molar-refractivity contribution in [3.05, 3.63) is 95.2 Å². The largest absolute Gasteiger partial charge is 0.493 e. The normalized spacial score (nSPS) is 22.5. The van der Waals surface area contributed by atoms with Gasteiger partial charge in [0.05, 0.1) is 50.5 Å². The number of benzene rings is 3. The second-order valence-electron chi connectivity index (χ2n) is 9.79. The van der Waals surface area contributed by atoms with Crippen LogP contribution in [0.1, 0.15) is 37.9 Å². The summed E-state index contributed by atoms with van der Waals surface area (Å²) in [6.07, 6.45) is 3.68. The summed E-state index contributed by atoms with van der Waals surface area (Å²) in [6, 6.07) is 17.3. The van der Waals surface area contributed by atoms with Gasteiger partial charge in [-0.2, -0.15) is 0 Å². The van der Waals surface area contributed by atoms with Gasteiger partial charge in [0, 0.05) is 11.8 Å². The molecule has 3 heterocycles. The molecule has 0 radical (unpaired) electrons. The van der Waals surface area contributed by atoms with Crippen LogP contribution in [0.4, 0.5) is 5.69 Å². The van der Waals surface area contributed by atoms with E-state index in [0.29, 0.717) is 17.1 Å². The van der Waals surface area contributed by atoms with Crippen molar-refractivity contribution >= 4 is 35.3 Å². The van der Waals surface area contributed by atoms with Crippen LogP contribution in [0.15, 0.2) is 72.9 Å². The van der Waals surface area contributed by atoms with Gasteiger partial charge in [0.25, 0.3) is 0 Å².